The Hall–Kier alpha value is -1.35. The lowest BCUT2D eigenvalue weighted by molar-refractivity contribution is -0.121. The zero-order chi connectivity index (χ0) is 16.8. The van der Waals surface area contributed by atoms with E-state index in [0.29, 0.717) is 19.4 Å². The third-order valence-electron chi connectivity index (χ3n) is 4.01. The van der Waals surface area contributed by atoms with Crippen LogP contribution in [0.25, 0.3) is 0 Å². The van der Waals surface area contributed by atoms with Crippen LogP contribution in [0.1, 0.15) is 58.6 Å². The molecule has 0 saturated heterocycles. The fourth-order valence-corrected chi connectivity index (χ4v) is 2.25. The Labute approximate surface area is 135 Å². The number of rotatable bonds is 7. The molecule has 0 fully saturated rings. The maximum absolute atomic E-state index is 11.9. The molecule has 0 aliphatic heterocycles. The van der Waals surface area contributed by atoms with Crippen molar-refractivity contribution >= 4 is 5.91 Å². The number of aliphatic hydroxyl groups is 1. The van der Waals surface area contributed by atoms with E-state index in [1.54, 1.807) is 0 Å². The van der Waals surface area contributed by atoms with Crippen LogP contribution in [0.3, 0.4) is 0 Å². The first kappa shape index (κ1) is 18.7. The predicted molar refractivity (Wildman–Crippen MR) is 92.0 cm³/mol. The van der Waals surface area contributed by atoms with E-state index >= 15 is 0 Å². The molecule has 1 amide bonds. The fourth-order valence-electron chi connectivity index (χ4n) is 2.25. The van der Waals surface area contributed by atoms with E-state index < -0.39 is 0 Å². The second-order valence-corrected chi connectivity index (χ2v) is 7.86. The fraction of sp³-hybridized carbons (Fsp3) is 0.632. The minimum Gasteiger partial charge on any atom is -0.396 e. The molecule has 0 aliphatic rings. The maximum atomic E-state index is 11.9. The zero-order valence-corrected chi connectivity index (χ0v) is 14.7. The summed E-state index contributed by atoms with van der Waals surface area (Å²) in [6, 6.07) is 8.53. The molecular weight excluding hydrogens is 274 g/mol. The van der Waals surface area contributed by atoms with Crippen LogP contribution in [-0.4, -0.2) is 24.2 Å². The normalized spacial score (nSPS) is 12.3. The number of carbonyl (C=O) groups is 1. The molecule has 0 radical (unpaired) electrons. The van der Waals surface area contributed by atoms with E-state index in [-0.39, 0.29) is 23.3 Å². The predicted octanol–water partition coefficient (Wildman–Crippen LogP) is 3.44. The van der Waals surface area contributed by atoms with Crippen LogP contribution < -0.4 is 5.32 Å². The summed E-state index contributed by atoms with van der Waals surface area (Å²) in [7, 11) is 0. The third kappa shape index (κ3) is 6.61. The molecule has 0 saturated carbocycles. The average molecular weight is 305 g/mol. The summed E-state index contributed by atoms with van der Waals surface area (Å²) in [5.41, 5.74) is 2.61. The van der Waals surface area contributed by atoms with Crippen LogP contribution in [0.15, 0.2) is 24.3 Å². The minimum absolute atomic E-state index is 0.0568. The molecule has 1 aromatic carbocycles. The molecule has 0 bridgehead atoms. The molecule has 0 aromatic heterocycles. The number of carbonyl (C=O) groups excluding carboxylic acids is 1. The lowest BCUT2D eigenvalue weighted by Crippen LogP contribution is -2.34. The second-order valence-electron chi connectivity index (χ2n) is 7.86. The Balaban J connectivity index is 2.41. The highest BCUT2D eigenvalue weighted by Crippen LogP contribution is 2.22. The van der Waals surface area contributed by atoms with Crippen molar-refractivity contribution in [3.8, 4) is 0 Å². The summed E-state index contributed by atoms with van der Waals surface area (Å²) in [6.45, 7) is 11.5. The van der Waals surface area contributed by atoms with Gasteiger partial charge in [-0.2, -0.15) is 0 Å². The van der Waals surface area contributed by atoms with Crippen LogP contribution in [-0.2, 0) is 16.6 Å². The van der Waals surface area contributed by atoms with E-state index in [2.05, 4.69) is 64.2 Å². The molecule has 1 rings (SSSR count). The van der Waals surface area contributed by atoms with Crippen molar-refractivity contribution in [2.24, 2.45) is 5.41 Å². The molecule has 0 heterocycles. The number of hydrogen-bond donors (Lipinski definition) is 2. The van der Waals surface area contributed by atoms with Crippen LogP contribution in [0.5, 0.6) is 0 Å². The number of nitrogens with one attached hydrogen (secondary N) is 1. The van der Waals surface area contributed by atoms with Gasteiger partial charge < -0.3 is 10.4 Å². The van der Waals surface area contributed by atoms with Crippen molar-refractivity contribution in [3.05, 3.63) is 35.4 Å². The number of hydrogen-bond acceptors (Lipinski definition) is 2. The van der Waals surface area contributed by atoms with Gasteiger partial charge in [-0.25, -0.2) is 0 Å². The Morgan fingerprint density at radius 3 is 2.18 bits per heavy atom. The molecule has 0 spiro atoms. The van der Waals surface area contributed by atoms with Gasteiger partial charge in [-0.3, -0.25) is 4.79 Å². The summed E-state index contributed by atoms with van der Waals surface area (Å²) >= 11 is 0. The Morgan fingerprint density at radius 2 is 1.68 bits per heavy atom. The molecule has 124 valence electrons. The van der Waals surface area contributed by atoms with E-state index in [0.717, 1.165) is 6.42 Å². The first-order valence-electron chi connectivity index (χ1n) is 8.11. The van der Waals surface area contributed by atoms with Gasteiger partial charge in [0.15, 0.2) is 0 Å². The van der Waals surface area contributed by atoms with Crippen molar-refractivity contribution in [3.63, 3.8) is 0 Å². The smallest absolute Gasteiger partial charge is 0.220 e. The van der Waals surface area contributed by atoms with Gasteiger partial charge >= 0.3 is 0 Å². The monoisotopic (exact) mass is 305 g/mol. The van der Waals surface area contributed by atoms with Crippen LogP contribution in [0, 0.1) is 5.41 Å². The van der Waals surface area contributed by atoms with E-state index in [9.17, 15) is 4.79 Å². The second kappa shape index (κ2) is 7.77. The van der Waals surface area contributed by atoms with Gasteiger partial charge in [-0.1, -0.05) is 58.9 Å². The molecule has 0 aliphatic carbocycles. The van der Waals surface area contributed by atoms with Crippen molar-refractivity contribution in [1.82, 2.24) is 5.32 Å². The molecule has 3 heteroatoms. The zero-order valence-electron chi connectivity index (χ0n) is 14.7. The summed E-state index contributed by atoms with van der Waals surface area (Å²) in [5.74, 6) is 0.0749. The largest absolute Gasteiger partial charge is 0.396 e. The molecule has 3 nitrogen and oxygen atoms in total. The third-order valence-corrected chi connectivity index (χ3v) is 4.01. The highest BCUT2D eigenvalue weighted by Gasteiger charge is 2.18. The van der Waals surface area contributed by atoms with Gasteiger partial charge in [0.25, 0.3) is 0 Å². The minimum atomic E-state index is -0.0568. The van der Waals surface area contributed by atoms with Gasteiger partial charge in [0.2, 0.25) is 5.91 Å². The number of aliphatic hydroxyl groups excluding tert-OH is 1. The SMILES string of the molecule is CC(C)(CCO)CNC(=O)CCc1ccc(C(C)(C)C)cc1. The highest BCUT2D eigenvalue weighted by molar-refractivity contribution is 5.76. The molecule has 1 aromatic rings. The maximum Gasteiger partial charge on any atom is 0.220 e. The van der Waals surface area contributed by atoms with Crippen LogP contribution in [0.4, 0.5) is 0 Å². The van der Waals surface area contributed by atoms with E-state index in [1.807, 2.05) is 0 Å². The van der Waals surface area contributed by atoms with Crippen molar-refractivity contribution < 1.29 is 9.90 Å². The Bertz CT molecular complexity index is 469. The topological polar surface area (TPSA) is 49.3 Å². The van der Waals surface area contributed by atoms with Crippen molar-refractivity contribution in [1.29, 1.82) is 0 Å². The quantitative estimate of drug-likeness (QED) is 0.810. The molecule has 22 heavy (non-hydrogen) atoms. The van der Waals surface area contributed by atoms with Gasteiger partial charge in [-0.05, 0) is 34.8 Å². The summed E-state index contributed by atoms with van der Waals surface area (Å²) in [6.07, 6.45) is 1.96. The average Bonchev–Trinajstić information content (AvgIpc) is 2.42. The number of benzene rings is 1. The standard InChI is InChI=1S/C19H31NO2/c1-18(2,3)16-9-6-15(7-10-16)8-11-17(22)20-14-19(4,5)12-13-21/h6-7,9-10,21H,8,11-14H2,1-5H3,(H,20,22). The Morgan fingerprint density at radius 1 is 1.09 bits per heavy atom. The van der Waals surface area contributed by atoms with E-state index in [4.69, 9.17) is 5.11 Å². The molecular formula is C19H31NO2. The lowest BCUT2D eigenvalue weighted by Gasteiger charge is -2.23. The van der Waals surface area contributed by atoms with Crippen molar-refractivity contribution in [2.45, 2.75) is 59.3 Å². The van der Waals surface area contributed by atoms with Gasteiger partial charge in [-0.15, -0.1) is 0 Å². The van der Waals surface area contributed by atoms with Gasteiger partial charge in [0.05, 0.1) is 0 Å². The molecule has 2 N–H and O–H groups in total. The summed E-state index contributed by atoms with van der Waals surface area (Å²) < 4.78 is 0. The van der Waals surface area contributed by atoms with Crippen LogP contribution in [0.2, 0.25) is 0 Å². The Kier molecular flexibility index (Phi) is 6.61. The van der Waals surface area contributed by atoms with Crippen LogP contribution >= 0.6 is 0 Å². The van der Waals surface area contributed by atoms with E-state index in [1.165, 1.54) is 11.1 Å². The lowest BCUT2D eigenvalue weighted by atomic mass is 9.86. The highest BCUT2D eigenvalue weighted by atomic mass is 16.3. The first-order chi connectivity index (χ1) is 10.1. The van der Waals surface area contributed by atoms with Crippen molar-refractivity contribution in [2.75, 3.05) is 13.2 Å². The number of aryl methyl sites for hydroxylation is 1. The summed E-state index contributed by atoms with van der Waals surface area (Å²) in [4.78, 5) is 11.9. The van der Waals surface area contributed by atoms with Gasteiger partial charge in [0.1, 0.15) is 0 Å². The summed E-state index contributed by atoms with van der Waals surface area (Å²) in [5, 5.41) is 11.9. The molecule has 0 atom stereocenters. The first-order valence-corrected chi connectivity index (χ1v) is 8.11. The number of amides is 1. The molecule has 0 unspecified atom stereocenters. The van der Waals surface area contributed by atoms with Gasteiger partial charge in [0, 0.05) is 19.6 Å².